The zero-order valence-corrected chi connectivity index (χ0v) is 20.0. The molecule has 0 saturated carbocycles. The highest BCUT2D eigenvalue weighted by atomic mass is 32.2. The van der Waals surface area contributed by atoms with Crippen molar-refractivity contribution in [2.45, 2.75) is 32.2 Å². The number of nitrogens with two attached hydrogens (primary N) is 1. The maximum atomic E-state index is 14.4. The molecule has 3 heterocycles. The Bertz CT molecular complexity index is 1390. The Morgan fingerprint density at radius 3 is 2.88 bits per heavy atom. The third kappa shape index (κ3) is 4.59. The number of urea groups is 1. The Morgan fingerprint density at radius 2 is 2.15 bits per heavy atom. The van der Waals surface area contributed by atoms with Gasteiger partial charge in [0.1, 0.15) is 10.7 Å². The first-order valence-electron chi connectivity index (χ1n) is 10.3. The molecule has 1 aliphatic rings. The van der Waals surface area contributed by atoms with Crippen molar-refractivity contribution in [2.75, 3.05) is 19.0 Å². The van der Waals surface area contributed by atoms with Gasteiger partial charge in [0.15, 0.2) is 9.92 Å². The number of nitrogens with one attached hydrogen (secondary N) is 1. The number of amides is 2. The average Bonchev–Trinajstić information content (AvgIpc) is 3.19. The molecule has 12 heteroatoms. The number of hydrogen-bond acceptors (Lipinski definition) is 6. The summed E-state index contributed by atoms with van der Waals surface area (Å²) in [5.41, 5.74) is 1.29. The Labute approximate surface area is 196 Å². The Kier molecular flexibility index (Phi) is 6.04. The molecule has 180 valence electrons. The molecule has 0 aliphatic carbocycles. The van der Waals surface area contributed by atoms with Gasteiger partial charge < -0.3 is 14.8 Å². The first-order valence-corrected chi connectivity index (χ1v) is 11.9. The molecule has 1 aliphatic heterocycles. The molecular weight excluding hydrogens is 463 g/mol. The number of ether oxygens (including phenoxy) is 2. The lowest BCUT2D eigenvalue weighted by Gasteiger charge is -2.30. The zero-order valence-electron chi connectivity index (χ0n) is 19.2. The smallest absolute Gasteiger partial charge is 0.354 e. The molecule has 0 fully saturated rings. The lowest BCUT2D eigenvalue weighted by atomic mass is 9.94. The second kappa shape index (κ2) is 8.69. The fourth-order valence-corrected chi connectivity index (χ4v) is 4.61. The van der Waals surface area contributed by atoms with Gasteiger partial charge in [0.2, 0.25) is 11.8 Å². The number of nitrogens with zero attached hydrogens (tertiary/aromatic N) is 4. The van der Waals surface area contributed by atoms with Crippen molar-refractivity contribution in [2.24, 2.45) is 14.9 Å². The molecule has 1 atom stereocenters. The van der Waals surface area contributed by atoms with Crippen molar-refractivity contribution in [1.29, 1.82) is 0 Å². The van der Waals surface area contributed by atoms with Gasteiger partial charge in [0, 0.05) is 28.8 Å². The molecular formula is C22H25FN6O4S. The largest absolute Gasteiger partial charge is 0.481 e. The van der Waals surface area contributed by atoms with Crippen molar-refractivity contribution < 1.29 is 22.9 Å². The number of carbonyl (C=O) groups excluding carboxylic acids is 1. The van der Waals surface area contributed by atoms with Gasteiger partial charge in [-0.2, -0.15) is 5.10 Å². The highest BCUT2D eigenvalue weighted by Gasteiger charge is 2.32. The van der Waals surface area contributed by atoms with Crippen molar-refractivity contribution in [1.82, 2.24) is 14.8 Å². The SMILES string of the molecule is COc1cc(-c2ccc(F)c(C)c2NC(=O)N=[S@](N)(=O)c2cnn3c2OCC(C)(C)C3)ccn1. The van der Waals surface area contributed by atoms with Crippen LogP contribution in [-0.4, -0.2) is 38.7 Å². The van der Waals surface area contributed by atoms with Crippen LogP contribution < -0.4 is 19.9 Å². The fraction of sp³-hybridized carbons (Fsp3) is 0.318. The number of carbonyl (C=O) groups is 1. The van der Waals surface area contributed by atoms with Crippen LogP contribution in [0, 0.1) is 18.2 Å². The van der Waals surface area contributed by atoms with Crippen LogP contribution in [0.5, 0.6) is 11.8 Å². The minimum atomic E-state index is -3.70. The predicted octanol–water partition coefficient (Wildman–Crippen LogP) is 3.75. The van der Waals surface area contributed by atoms with Crippen LogP contribution >= 0.6 is 0 Å². The molecule has 1 aromatic carbocycles. The van der Waals surface area contributed by atoms with Gasteiger partial charge in [0.25, 0.3) is 0 Å². The number of anilines is 1. The maximum absolute atomic E-state index is 14.4. The number of aromatic nitrogens is 3. The molecule has 3 aromatic rings. The second-order valence-electron chi connectivity index (χ2n) is 8.70. The molecule has 34 heavy (non-hydrogen) atoms. The van der Waals surface area contributed by atoms with E-state index in [1.165, 1.54) is 38.6 Å². The normalized spacial score (nSPS) is 16.1. The third-order valence-corrected chi connectivity index (χ3v) is 6.70. The minimum absolute atomic E-state index is 0.0215. The molecule has 0 unspecified atom stereocenters. The van der Waals surface area contributed by atoms with Crippen LogP contribution in [0.1, 0.15) is 19.4 Å². The van der Waals surface area contributed by atoms with E-state index in [0.717, 1.165) is 0 Å². The summed E-state index contributed by atoms with van der Waals surface area (Å²) >= 11 is 0. The van der Waals surface area contributed by atoms with Crippen LogP contribution in [0.15, 0.2) is 45.9 Å². The van der Waals surface area contributed by atoms with Gasteiger partial charge in [-0.15, -0.1) is 4.36 Å². The average molecular weight is 489 g/mol. The number of halogens is 1. The molecule has 0 saturated heterocycles. The third-order valence-electron chi connectivity index (χ3n) is 5.36. The number of hydrogen-bond donors (Lipinski definition) is 2. The number of methoxy groups -OCH3 is 1. The second-order valence-corrected chi connectivity index (χ2v) is 10.5. The van der Waals surface area contributed by atoms with Gasteiger partial charge in [-0.1, -0.05) is 13.8 Å². The van der Waals surface area contributed by atoms with Crippen molar-refractivity contribution >= 4 is 21.6 Å². The highest BCUT2D eigenvalue weighted by molar-refractivity contribution is 7.91. The van der Waals surface area contributed by atoms with Crippen LogP contribution in [0.2, 0.25) is 0 Å². The fourth-order valence-electron chi connectivity index (χ4n) is 3.61. The van der Waals surface area contributed by atoms with Crippen LogP contribution in [0.4, 0.5) is 14.9 Å². The van der Waals surface area contributed by atoms with E-state index in [0.29, 0.717) is 30.2 Å². The van der Waals surface area contributed by atoms with E-state index in [4.69, 9.17) is 14.6 Å². The molecule has 3 N–H and O–H groups in total. The summed E-state index contributed by atoms with van der Waals surface area (Å²) in [6.07, 6.45) is 2.82. The quantitative estimate of drug-likeness (QED) is 0.574. The standard InChI is InChI=1S/C22H25FN6O4S/c1-13-16(23)6-5-15(14-7-8-25-18(9-14)32-4)19(13)27-21(30)28-34(24,31)17-10-26-29-11-22(2,3)12-33-20(17)29/h5-10H,11-12H2,1-4H3,(H3,24,27,28,30,31)/t34-/m0/s1. The summed E-state index contributed by atoms with van der Waals surface area (Å²) < 4.78 is 43.6. The van der Waals surface area contributed by atoms with E-state index >= 15 is 0 Å². The molecule has 0 bridgehead atoms. The summed E-state index contributed by atoms with van der Waals surface area (Å²) in [5.74, 6) is 0.0331. The predicted molar refractivity (Wildman–Crippen MR) is 124 cm³/mol. The van der Waals surface area contributed by atoms with Gasteiger partial charge in [-0.3, -0.25) is 0 Å². The first kappa shape index (κ1) is 23.6. The lowest BCUT2D eigenvalue weighted by Crippen LogP contribution is -2.33. The van der Waals surface area contributed by atoms with E-state index in [1.807, 2.05) is 13.8 Å². The summed E-state index contributed by atoms with van der Waals surface area (Å²) in [4.78, 5) is 16.9. The van der Waals surface area contributed by atoms with Gasteiger partial charge >= 0.3 is 6.03 Å². The minimum Gasteiger partial charge on any atom is -0.481 e. The maximum Gasteiger partial charge on any atom is 0.354 e. The Hall–Kier alpha value is -3.51. The van der Waals surface area contributed by atoms with E-state index in [2.05, 4.69) is 19.8 Å². The Balaban J connectivity index is 1.69. The molecule has 0 spiro atoms. The van der Waals surface area contributed by atoms with Gasteiger partial charge in [-0.05, 0) is 30.7 Å². The van der Waals surface area contributed by atoms with Crippen molar-refractivity contribution in [3.63, 3.8) is 0 Å². The Morgan fingerprint density at radius 1 is 1.38 bits per heavy atom. The van der Waals surface area contributed by atoms with E-state index < -0.39 is 21.8 Å². The lowest BCUT2D eigenvalue weighted by molar-refractivity contribution is 0.0972. The monoisotopic (exact) mass is 488 g/mol. The number of benzene rings is 1. The number of pyridine rings is 1. The van der Waals surface area contributed by atoms with E-state index in [-0.39, 0.29) is 27.4 Å². The molecule has 2 aromatic heterocycles. The van der Waals surface area contributed by atoms with Crippen molar-refractivity contribution in [3.8, 4) is 22.9 Å². The van der Waals surface area contributed by atoms with Crippen LogP contribution in [0.3, 0.4) is 0 Å². The summed E-state index contributed by atoms with van der Waals surface area (Å²) in [7, 11) is -2.22. The molecule has 0 radical (unpaired) electrons. The molecule has 10 nitrogen and oxygen atoms in total. The molecule has 4 rings (SSSR count). The zero-order chi connectivity index (χ0) is 24.7. The summed E-state index contributed by atoms with van der Waals surface area (Å²) in [5, 5.41) is 12.7. The van der Waals surface area contributed by atoms with Crippen LogP contribution in [0.25, 0.3) is 11.1 Å². The van der Waals surface area contributed by atoms with E-state index in [1.54, 1.807) is 16.8 Å². The van der Waals surface area contributed by atoms with Crippen molar-refractivity contribution in [3.05, 3.63) is 48.0 Å². The van der Waals surface area contributed by atoms with Gasteiger partial charge in [-0.25, -0.2) is 28.2 Å². The first-order chi connectivity index (χ1) is 16.0. The summed E-state index contributed by atoms with van der Waals surface area (Å²) in [6, 6.07) is 5.12. The number of fused-ring (bicyclic) bond motifs is 1. The topological polar surface area (TPSA) is 134 Å². The summed E-state index contributed by atoms with van der Waals surface area (Å²) in [6.45, 7) is 6.43. The van der Waals surface area contributed by atoms with E-state index in [9.17, 15) is 13.4 Å². The molecule has 2 amide bonds. The van der Waals surface area contributed by atoms with Gasteiger partial charge in [0.05, 0.1) is 32.1 Å². The highest BCUT2D eigenvalue weighted by Crippen LogP contribution is 2.35. The number of rotatable bonds is 4. The van der Waals surface area contributed by atoms with Crippen LogP contribution in [-0.2, 0) is 16.5 Å².